The number of hydrogen-bond acceptors (Lipinski definition) is 4. The summed E-state index contributed by atoms with van der Waals surface area (Å²) in [7, 11) is -0.174. The summed E-state index contributed by atoms with van der Waals surface area (Å²) in [4.78, 5) is -1.08. The van der Waals surface area contributed by atoms with Crippen molar-refractivity contribution in [1.82, 2.24) is 0 Å². The second kappa shape index (κ2) is 4.85. The summed E-state index contributed by atoms with van der Waals surface area (Å²) in [6.45, 7) is 4.00. The lowest BCUT2D eigenvalue weighted by Crippen LogP contribution is -2.30. The highest BCUT2D eigenvalue weighted by Crippen LogP contribution is 2.56. The van der Waals surface area contributed by atoms with E-state index < -0.39 is 12.6 Å². The maximum atomic E-state index is 12.0. The molecule has 0 saturated carbocycles. The van der Waals surface area contributed by atoms with E-state index in [-0.39, 0.29) is 13.2 Å². The Labute approximate surface area is 81.0 Å². The largest absolute Gasteiger partial charge is 0.334 e. The fourth-order valence-corrected chi connectivity index (χ4v) is 2.28. The summed E-state index contributed by atoms with van der Waals surface area (Å²) < 4.78 is 22.1. The highest BCUT2D eigenvalue weighted by molar-refractivity contribution is 7.60. The SMILES string of the molecule is BC(B)(C#N)P(=O)(OCC)OCC. The molecule has 0 rings (SSSR count). The minimum atomic E-state index is -3.28. The molecule has 0 unspecified atom stereocenters. The summed E-state index contributed by atoms with van der Waals surface area (Å²) in [5.74, 6) is 0. The lowest BCUT2D eigenvalue weighted by atomic mass is 9.71. The zero-order valence-electron chi connectivity index (χ0n) is 8.53. The molecule has 0 aromatic carbocycles. The first kappa shape index (κ1) is 12.8. The Hall–Kier alpha value is -0.230. The maximum absolute atomic E-state index is 12.0. The van der Waals surface area contributed by atoms with Crippen LogP contribution in [0.2, 0.25) is 0 Å². The van der Waals surface area contributed by atoms with Crippen LogP contribution in [-0.4, -0.2) is 33.9 Å². The van der Waals surface area contributed by atoms with Gasteiger partial charge in [-0.1, -0.05) is 0 Å². The van der Waals surface area contributed by atoms with Crippen LogP contribution in [0.5, 0.6) is 0 Å². The molecule has 72 valence electrons. The molecule has 0 aliphatic rings. The first-order valence-electron chi connectivity index (χ1n) is 4.24. The smallest absolute Gasteiger partial charge is 0.309 e. The minimum Gasteiger partial charge on any atom is -0.309 e. The highest BCUT2D eigenvalue weighted by Gasteiger charge is 2.42. The third-order valence-electron chi connectivity index (χ3n) is 1.56. The Morgan fingerprint density at radius 1 is 1.38 bits per heavy atom. The van der Waals surface area contributed by atoms with Crippen LogP contribution < -0.4 is 0 Å². The number of nitrogens with zero attached hydrogens (tertiary/aromatic N) is 1. The molecule has 0 aromatic heterocycles. The van der Waals surface area contributed by atoms with Crippen molar-refractivity contribution in [3.05, 3.63) is 0 Å². The Balaban J connectivity index is 4.80. The van der Waals surface area contributed by atoms with Crippen molar-refractivity contribution >= 4 is 23.3 Å². The van der Waals surface area contributed by atoms with Crippen molar-refractivity contribution in [3.8, 4) is 6.07 Å². The average Bonchev–Trinajstić information content (AvgIpc) is 2.05. The molecule has 0 aliphatic carbocycles. The summed E-state index contributed by atoms with van der Waals surface area (Å²) >= 11 is 0. The van der Waals surface area contributed by atoms with Crippen molar-refractivity contribution < 1.29 is 13.6 Å². The Morgan fingerprint density at radius 3 is 2.00 bits per heavy atom. The van der Waals surface area contributed by atoms with E-state index in [2.05, 4.69) is 0 Å². The van der Waals surface area contributed by atoms with E-state index >= 15 is 0 Å². The standard InChI is InChI=1S/C6H14B2NO3P/c1-3-11-13(10,12-4-2)6(7,8)5-9/h3-4,7-8H2,1-2H3. The summed E-state index contributed by atoms with van der Waals surface area (Å²) in [6, 6.07) is 1.94. The molecule has 7 heteroatoms. The van der Waals surface area contributed by atoms with E-state index in [4.69, 9.17) is 14.3 Å². The van der Waals surface area contributed by atoms with Crippen molar-refractivity contribution in [2.24, 2.45) is 0 Å². The summed E-state index contributed by atoms with van der Waals surface area (Å²) in [5.41, 5.74) is 0. The van der Waals surface area contributed by atoms with Gasteiger partial charge < -0.3 is 9.05 Å². The molecule has 0 fully saturated rings. The highest BCUT2D eigenvalue weighted by atomic mass is 31.2. The van der Waals surface area contributed by atoms with Gasteiger partial charge in [0.1, 0.15) is 15.7 Å². The Bertz CT molecular complexity index is 241. The van der Waals surface area contributed by atoms with Gasteiger partial charge in [0.25, 0.3) is 0 Å². The first-order chi connectivity index (χ1) is 5.93. The molecule has 0 bridgehead atoms. The predicted octanol–water partition coefficient (Wildman–Crippen LogP) is -0.304. The lowest BCUT2D eigenvalue weighted by molar-refractivity contribution is 0.218. The summed E-state index contributed by atoms with van der Waals surface area (Å²) in [6.07, 6.45) is 0. The molecular formula is C6H14B2NO3P. The zero-order valence-corrected chi connectivity index (χ0v) is 9.43. The van der Waals surface area contributed by atoms with Gasteiger partial charge >= 0.3 is 7.60 Å². The molecule has 0 aromatic rings. The van der Waals surface area contributed by atoms with Crippen LogP contribution in [0, 0.1) is 11.3 Å². The molecule has 0 radical (unpaired) electrons. The molecular weight excluding hydrogens is 187 g/mol. The second-order valence-electron chi connectivity index (χ2n) is 3.00. The van der Waals surface area contributed by atoms with Gasteiger partial charge in [0.2, 0.25) is 0 Å². The average molecular weight is 201 g/mol. The molecule has 0 aliphatic heterocycles. The van der Waals surface area contributed by atoms with E-state index in [9.17, 15) is 4.57 Å². The molecule has 0 atom stereocenters. The van der Waals surface area contributed by atoms with E-state index in [1.165, 1.54) is 0 Å². The van der Waals surface area contributed by atoms with Gasteiger partial charge in [-0.2, -0.15) is 5.26 Å². The molecule has 0 amide bonds. The van der Waals surface area contributed by atoms with Gasteiger partial charge in [0, 0.05) is 0 Å². The van der Waals surface area contributed by atoms with Crippen molar-refractivity contribution in [2.75, 3.05) is 13.2 Å². The number of nitriles is 1. The second-order valence-corrected chi connectivity index (χ2v) is 5.63. The third kappa shape index (κ3) is 2.87. The van der Waals surface area contributed by atoms with E-state index in [0.717, 1.165) is 0 Å². The number of hydrogen-bond donors (Lipinski definition) is 0. The minimum absolute atomic E-state index is 0.280. The van der Waals surface area contributed by atoms with Gasteiger partial charge in [-0.25, -0.2) is 0 Å². The van der Waals surface area contributed by atoms with Crippen LogP contribution in [-0.2, 0) is 13.6 Å². The maximum Gasteiger partial charge on any atom is 0.334 e. The first-order valence-corrected chi connectivity index (χ1v) is 5.78. The predicted molar refractivity (Wildman–Crippen MR) is 56.3 cm³/mol. The fourth-order valence-electron chi connectivity index (χ4n) is 0.761. The van der Waals surface area contributed by atoms with Crippen molar-refractivity contribution in [1.29, 1.82) is 5.26 Å². The van der Waals surface area contributed by atoms with E-state index in [1.54, 1.807) is 29.5 Å². The number of rotatable bonds is 5. The van der Waals surface area contributed by atoms with Crippen LogP contribution in [0.15, 0.2) is 0 Å². The van der Waals surface area contributed by atoms with Gasteiger partial charge in [-0.15, -0.1) is 0 Å². The zero-order chi connectivity index (χ0) is 10.5. The molecule has 4 nitrogen and oxygen atoms in total. The Morgan fingerprint density at radius 2 is 1.77 bits per heavy atom. The van der Waals surface area contributed by atoms with Crippen LogP contribution in [0.25, 0.3) is 0 Å². The third-order valence-corrected chi connectivity index (χ3v) is 4.22. The van der Waals surface area contributed by atoms with Crippen LogP contribution in [0.4, 0.5) is 0 Å². The van der Waals surface area contributed by atoms with Gasteiger partial charge in [0.15, 0.2) is 0 Å². The van der Waals surface area contributed by atoms with Crippen molar-refractivity contribution in [2.45, 2.75) is 18.8 Å². The quantitative estimate of drug-likeness (QED) is 0.452. The van der Waals surface area contributed by atoms with Crippen LogP contribution >= 0.6 is 7.60 Å². The molecule has 0 N–H and O–H groups in total. The van der Waals surface area contributed by atoms with Gasteiger partial charge in [0.05, 0.1) is 24.2 Å². The van der Waals surface area contributed by atoms with Crippen molar-refractivity contribution in [3.63, 3.8) is 0 Å². The van der Waals surface area contributed by atoms with E-state index in [1.807, 2.05) is 6.07 Å². The van der Waals surface area contributed by atoms with Gasteiger partial charge in [-0.05, 0) is 13.8 Å². The normalized spacial score (nSPS) is 12.4. The van der Waals surface area contributed by atoms with Crippen LogP contribution in [0.1, 0.15) is 13.8 Å². The van der Waals surface area contributed by atoms with Gasteiger partial charge in [-0.3, -0.25) is 4.57 Å². The monoisotopic (exact) mass is 201 g/mol. The fraction of sp³-hybridized carbons (Fsp3) is 0.833. The lowest BCUT2D eigenvalue weighted by Gasteiger charge is -2.26. The molecule has 0 heterocycles. The Kier molecular flexibility index (Phi) is 4.77. The molecule has 13 heavy (non-hydrogen) atoms. The van der Waals surface area contributed by atoms with Crippen LogP contribution in [0.3, 0.4) is 0 Å². The van der Waals surface area contributed by atoms with E-state index in [0.29, 0.717) is 0 Å². The summed E-state index contributed by atoms with van der Waals surface area (Å²) in [5, 5.41) is 8.80. The molecule has 0 spiro atoms. The molecule has 0 saturated heterocycles. The topological polar surface area (TPSA) is 59.3 Å².